The summed E-state index contributed by atoms with van der Waals surface area (Å²) in [6, 6.07) is 18.2. The highest BCUT2D eigenvalue weighted by Gasteiger charge is 2.22. The van der Waals surface area contributed by atoms with Gasteiger partial charge >= 0.3 is 0 Å². The Hall–Kier alpha value is -2.33. The van der Waals surface area contributed by atoms with Crippen molar-refractivity contribution in [1.29, 1.82) is 0 Å². The van der Waals surface area contributed by atoms with Gasteiger partial charge in [-0.15, -0.1) is 0 Å². The second-order valence-electron chi connectivity index (χ2n) is 5.75. The van der Waals surface area contributed by atoms with Gasteiger partial charge in [-0.25, -0.2) is 0 Å². The largest absolute Gasteiger partial charge is 0.378 e. The number of hydrogen-bond acceptors (Lipinski definition) is 3. The number of morpholine rings is 1. The minimum Gasteiger partial charge on any atom is -0.378 e. The van der Waals surface area contributed by atoms with Gasteiger partial charge in [0.15, 0.2) is 0 Å². The van der Waals surface area contributed by atoms with Gasteiger partial charge in [-0.2, -0.15) is 0 Å². The van der Waals surface area contributed by atoms with E-state index in [9.17, 15) is 4.79 Å². The van der Waals surface area contributed by atoms with E-state index in [0.717, 1.165) is 5.69 Å². The molecule has 4 heteroatoms. The third-order valence-corrected chi connectivity index (χ3v) is 4.07. The van der Waals surface area contributed by atoms with Crippen molar-refractivity contribution in [2.75, 3.05) is 31.6 Å². The Morgan fingerprint density at radius 1 is 1.00 bits per heavy atom. The van der Waals surface area contributed by atoms with Gasteiger partial charge in [-0.05, 0) is 30.2 Å². The van der Waals surface area contributed by atoms with Gasteiger partial charge in [0.05, 0.1) is 13.2 Å². The highest BCUT2D eigenvalue weighted by molar-refractivity contribution is 5.84. The van der Waals surface area contributed by atoms with Crippen molar-refractivity contribution in [3.05, 3.63) is 54.6 Å². The second-order valence-corrected chi connectivity index (χ2v) is 5.75. The molecule has 0 saturated carbocycles. The molecule has 120 valence electrons. The number of anilines is 1. The lowest BCUT2D eigenvalue weighted by molar-refractivity contribution is -0.135. The fraction of sp³-hybridized carbons (Fsp3) is 0.316. The molecule has 1 unspecified atom stereocenters. The standard InChI is InChI=1S/C19H22N2O2/c1-15(19(22)21-11-13-23-14-12-21)20-18-9-7-17(8-10-18)16-5-3-2-4-6-16/h2-10,15,20H,11-14H2,1H3. The van der Waals surface area contributed by atoms with Crippen molar-refractivity contribution >= 4 is 11.6 Å². The number of amides is 1. The van der Waals surface area contributed by atoms with Crippen LogP contribution in [0.1, 0.15) is 6.92 Å². The SMILES string of the molecule is CC(Nc1ccc(-c2ccccc2)cc1)C(=O)N1CCOCC1. The van der Waals surface area contributed by atoms with E-state index in [0.29, 0.717) is 26.3 Å². The van der Waals surface area contributed by atoms with Gasteiger partial charge in [0, 0.05) is 18.8 Å². The van der Waals surface area contributed by atoms with Crippen LogP contribution in [0.3, 0.4) is 0 Å². The van der Waals surface area contributed by atoms with Gasteiger partial charge in [-0.1, -0.05) is 42.5 Å². The van der Waals surface area contributed by atoms with Crippen LogP contribution in [-0.4, -0.2) is 43.2 Å². The van der Waals surface area contributed by atoms with Crippen molar-refractivity contribution in [3.63, 3.8) is 0 Å². The first-order chi connectivity index (χ1) is 11.2. The zero-order valence-electron chi connectivity index (χ0n) is 13.4. The van der Waals surface area contributed by atoms with E-state index < -0.39 is 0 Å². The van der Waals surface area contributed by atoms with Crippen molar-refractivity contribution < 1.29 is 9.53 Å². The molecule has 23 heavy (non-hydrogen) atoms. The summed E-state index contributed by atoms with van der Waals surface area (Å²) in [6.45, 7) is 4.52. The fourth-order valence-electron chi connectivity index (χ4n) is 2.76. The molecule has 1 amide bonds. The molecule has 2 aromatic carbocycles. The molecular weight excluding hydrogens is 288 g/mol. The summed E-state index contributed by atoms with van der Waals surface area (Å²) in [5.41, 5.74) is 3.32. The maximum Gasteiger partial charge on any atom is 0.244 e. The second kappa shape index (κ2) is 7.29. The first kappa shape index (κ1) is 15.6. The molecule has 1 heterocycles. The molecule has 2 aromatic rings. The molecule has 4 nitrogen and oxygen atoms in total. The number of nitrogens with zero attached hydrogens (tertiary/aromatic N) is 1. The Kier molecular flexibility index (Phi) is 4.93. The van der Waals surface area contributed by atoms with Crippen molar-refractivity contribution in [2.24, 2.45) is 0 Å². The Morgan fingerprint density at radius 3 is 2.26 bits per heavy atom. The zero-order valence-corrected chi connectivity index (χ0v) is 13.4. The summed E-state index contributed by atoms with van der Waals surface area (Å²) < 4.78 is 5.29. The van der Waals surface area contributed by atoms with Crippen LogP contribution in [0, 0.1) is 0 Å². The van der Waals surface area contributed by atoms with Gasteiger partial charge in [0.25, 0.3) is 0 Å². The smallest absolute Gasteiger partial charge is 0.244 e. The Bertz CT molecular complexity index is 634. The number of benzene rings is 2. The molecule has 1 atom stereocenters. The maximum atomic E-state index is 12.4. The van der Waals surface area contributed by atoms with Gasteiger partial charge in [0.1, 0.15) is 6.04 Å². The first-order valence-corrected chi connectivity index (χ1v) is 8.02. The minimum atomic E-state index is -0.240. The minimum absolute atomic E-state index is 0.125. The van der Waals surface area contributed by atoms with Crippen LogP contribution >= 0.6 is 0 Å². The van der Waals surface area contributed by atoms with Crippen LogP contribution in [0.2, 0.25) is 0 Å². The molecule has 0 bridgehead atoms. The molecular formula is C19H22N2O2. The molecule has 1 N–H and O–H groups in total. The highest BCUT2D eigenvalue weighted by Crippen LogP contribution is 2.21. The van der Waals surface area contributed by atoms with Crippen LogP contribution in [0.15, 0.2) is 54.6 Å². The summed E-state index contributed by atoms with van der Waals surface area (Å²) in [6.07, 6.45) is 0. The average molecular weight is 310 g/mol. The molecule has 0 radical (unpaired) electrons. The topological polar surface area (TPSA) is 41.6 Å². The number of carbonyl (C=O) groups is 1. The van der Waals surface area contributed by atoms with Gasteiger partial charge in [0.2, 0.25) is 5.91 Å². The fourth-order valence-corrected chi connectivity index (χ4v) is 2.76. The van der Waals surface area contributed by atoms with Crippen LogP contribution in [0.25, 0.3) is 11.1 Å². The van der Waals surface area contributed by atoms with Crippen molar-refractivity contribution in [3.8, 4) is 11.1 Å². The molecule has 3 rings (SSSR count). The zero-order chi connectivity index (χ0) is 16.1. The van der Waals surface area contributed by atoms with E-state index in [1.807, 2.05) is 42.2 Å². The molecule has 1 aliphatic rings. The third kappa shape index (κ3) is 3.90. The first-order valence-electron chi connectivity index (χ1n) is 8.02. The van der Waals surface area contributed by atoms with E-state index in [1.165, 1.54) is 11.1 Å². The van der Waals surface area contributed by atoms with Crippen LogP contribution in [0.5, 0.6) is 0 Å². The number of hydrogen-bond donors (Lipinski definition) is 1. The predicted molar refractivity (Wildman–Crippen MR) is 92.4 cm³/mol. The maximum absolute atomic E-state index is 12.4. The Balaban J connectivity index is 1.62. The third-order valence-electron chi connectivity index (χ3n) is 4.07. The molecule has 1 fully saturated rings. The summed E-state index contributed by atoms with van der Waals surface area (Å²) in [5.74, 6) is 0.125. The summed E-state index contributed by atoms with van der Waals surface area (Å²) in [7, 11) is 0. The molecule has 0 spiro atoms. The monoisotopic (exact) mass is 310 g/mol. The molecule has 1 aliphatic heterocycles. The van der Waals surface area contributed by atoms with Crippen molar-refractivity contribution in [1.82, 2.24) is 4.90 Å². The van der Waals surface area contributed by atoms with Gasteiger partial charge in [-0.3, -0.25) is 4.79 Å². The number of carbonyl (C=O) groups excluding carboxylic acids is 1. The van der Waals surface area contributed by atoms with Gasteiger partial charge < -0.3 is 15.0 Å². The van der Waals surface area contributed by atoms with E-state index in [1.54, 1.807) is 0 Å². The van der Waals surface area contributed by atoms with E-state index in [4.69, 9.17) is 4.74 Å². The van der Waals surface area contributed by atoms with Crippen LogP contribution < -0.4 is 5.32 Å². The normalized spacial score (nSPS) is 16.0. The van der Waals surface area contributed by atoms with Crippen molar-refractivity contribution in [2.45, 2.75) is 13.0 Å². The lowest BCUT2D eigenvalue weighted by Crippen LogP contribution is -2.46. The molecule has 1 saturated heterocycles. The number of nitrogens with one attached hydrogen (secondary N) is 1. The predicted octanol–water partition coefficient (Wildman–Crippen LogP) is 3.01. The van der Waals surface area contributed by atoms with Crippen LogP contribution in [0.4, 0.5) is 5.69 Å². The summed E-state index contributed by atoms with van der Waals surface area (Å²) in [4.78, 5) is 14.3. The quantitative estimate of drug-likeness (QED) is 0.944. The highest BCUT2D eigenvalue weighted by atomic mass is 16.5. The van der Waals surface area contributed by atoms with E-state index in [2.05, 4.69) is 29.6 Å². The van der Waals surface area contributed by atoms with Crippen LogP contribution in [-0.2, 0) is 9.53 Å². The van der Waals surface area contributed by atoms with E-state index in [-0.39, 0.29) is 11.9 Å². The summed E-state index contributed by atoms with van der Waals surface area (Å²) >= 11 is 0. The van der Waals surface area contributed by atoms with E-state index >= 15 is 0 Å². The number of rotatable bonds is 4. The Morgan fingerprint density at radius 2 is 1.61 bits per heavy atom. The lowest BCUT2D eigenvalue weighted by atomic mass is 10.1. The molecule has 0 aliphatic carbocycles. The molecule has 0 aromatic heterocycles. The Labute approximate surface area is 137 Å². The lowest BCUT2D eigenvalue weighted by Gasteiger charge is -2.29. The average Bonchev–Trinajstić information content (AvgIpc) is 2.63. The summed E-state index contributed by atoms with van der Waals surface area (Å²) in [5, 5.41) is 3.29. The number of ether oxygens (including phenoxy) is 1.